The van der Waals surface area contributed by atoms with E-state index in [1.807, 2.05) is 0 Å². The minimum Gasteiger partial charge on any atom is -0.490 e. The lowest BCUT2D eigenvalue weighted by atomic mass is 10.1. The maximum Gasteiger partial charge on any atom is 0.311 e. The predicted octanol–water partition coefficient (Wildman–Crippen LogP) is 4.38. The summed E-state index contributed by atoms with van der Waals surface area (Å²) in [5.41, 5.74) is 0.860. The molecule has 112 valence electrons. The molecule has 0 saturated carbocycles. The van der Waals surface area contributed by atoms with Gasteiger partial charge in [-0.05, 0) is 12.5 Å². The first-order valence-corrected chi connectivity index (χ1v) is 7.25. The van der Waals surface area contributed by atoms with Gasteiger partial charge in [0.05, 0.1) is 12.0 Å². The third-order valence-electron chi connectivity index (χ3n) is 3.24. The fourth-order valence-electron chi connectivity index (χ4n) is 2.08. The summed E-state index contributed by atoms with van der Waals surface area (Å²) in [5, 5.41) is 14.1. The van der Waals surface area contributed by atoms with Crippen LogP contribution >= 0.6 is 0 Å². The first kappa shape index (κ1) is 16.3. The third-order valence-corrected chi connectivity index (χ3v) is 3.24. The third kappa shape index (κ3) is 5.47. The Kier molecular flexibility index (Phi) is 7.47. The Bertz CT molecular complexity index is 422. The fraction of sp³-hybridized carbons (Fsp3) is 0.600. The molecule has 1 N–H and O–H groups in total. The quantitative estimate of drug-likeness (QED) is 0.392. The summed E-state index contributed by atoms with van der Waals surface area (Å²) in [4.78, 5) is 10.3. The summed E-state index contributed by atoms with van der Waals surface area (Å²) in [5.74, 6) is 0.294. The molecule has 1 rings (SSSR count). The van der Waals surface area contributed by atoms with Crippen molar-refractivity contribution in [1.82, 2.24) is 0 Å². The summed E-state index contributed by atoms with van der Waals surface area (Å²) in [7, 11) is 1.44. The minimum absolute atomic E-state index is 0.00221. The normalized spacial score (nSPS) is 10.3. The molecule has 1 aromatic carbocycles. The topological polar surface area (TPSA) is 64.4 Å². The summed E-state index contributed by atoms with van der Waals surface area (Å²) in [6, 6.07) is 4.87. The van der Waals surface area contributed by atoms with E-state index in [9.17, 15) is 10.1 Å². The second-order valence-electron chi connectivity index (χ2n) is 4.84. The van der Waals surface area contributed by atoms with E-state index in [4.69, 9.17) is 4.74 Å². The van der Waals surface area contributed by atoms with E-state index in [1.165, 1.54) is 45.3 Å². The Balaban J connectivity index is 2.35. The van der Waals surface area contributed by atoms with Gasteiger partial charge in [-0.3, -0.25) is 10.1 Å². The van der Waals surface area contributed by atoms with Crippen LogP contribution in [0.2, 0.25) is 0 Å². The Labute approximate surface area is 120 Å². The van der Waals surface area contributed by atoms with Crippen LogP contribution in [0.15, 0.2) is 18.2 Å². The maximum atomic E-state index is 10.8. The van der Waals surface area contributed by atoms with Crippen LogP contribution in [0.5, 0.6) is 5.75 Å². The van der Waals surface area contributed by atoms with Gasteiger partial charge in [0.1, 0.15) is 0 Å². The number of benzene rings is 1. The lowest BCUT2D eigenvalue weighted by Gasteiger charge is -2.08. The highest BCUT2D eigenvalue weighted by molar-refractivity contribution is 5.57. The van der Waals surface area contributed by atoms with Gasteiger partial charge in [-0.15, -0.1) is 0 Å². The molecule has 0 atom stereocenters. The Morgan fingerprint density at radius 3 is 2.55 bits per heavy atom. The smallest absolute Gasteiger partial charge is 0.311 e. The number of rotatable bonds is 10. The standard InChI is InChI=1S/C15H24N2O3/c1-3-4-5-6-7-8-11-16-13-9-10-14(17(18)19)15(12-13)20-2/h9-10,12,16H,3-8,11H2,1-2H3. The van der Waals surface area contributed by atoms with Crippen LogP contribution < -0.4 is 10.1 Å². The summed E-state index contributed by atoms with van der Waals surface area (Å²) < 4.78 is 5.04. The number of anilines is 1. The number of hydrogen-bond acceptors (Lipinski definition) is 4. The molecule has 0 radical (unpaired) electrons. The average molecular weight is 280 g/mol. The number of nitrogens with one attached hydrogen (secondary N) is 1. The monoisotopic (exact) mass is 280 g/mol. The highest BCUT2D eigenvalue weighted by Crippen LogP contribution is 2.29. The Morgan fingerprint density at radius 2 is 1.90 bits per heavy atom. The zero-order valence-electron chi connectivity index (χ0n) is 12.4. The largest absolute Gasteiger partial charge is 0.490 e. The molecule has 20 heavy (non-hydrogen) atoms. The molecule has 5 heteroatoms. The van der Waals surface area contributed by atoms with E-state index in [0.29, 0.717) is 5.75 Å². The van der Waals surface area contributed by atoms with Crippen LogP contribution in [0.4, 0.5) is 11.4 Å². The van der Waals surface area contributed by atoms with Gasteiger partial charge in [0.2, 0.25) is 0 Å². The summed E-state index contributed by atoms with van der Waals surface area (Å²) >= 11 is 0. The van der Waals surface area contributed by atoms with Crippen molar-refractivity contribution in [3.05, 3.63) is 28.3 Å². The number of nitro benzene ring substituents is 1. The average Bonchev–Trinajstić information content (AvgIpc) is 2.45. The molecular formula is C15H24N2O3. The van der Waals surface area contributed by atoms with E-state index >= 15 is 0 Å². The van der Waals surface area contributed by atoms with Gasteiger partial charge >= 0.3 is 5.69 Å². The summed E-state index contributed by atoms with van der Waals surface area (Å²) in [6.07, 6.45) is 7.49. The van der Waals surface area contributed by atoms with Crippen molar-refractivity contribution in [2.75, 3.05) is 19.0 Å². The van der Waals surface area contributed by atoms with Crippen molar-refractivity contribution >= 4 is 11.4 Å². The highest BCUT2D eigenvalue weighted by Gasteiger charge is 2.14. The number of ether oxygens (including phenoxy) is 1. The van der Waals surface area contributed by atoms with Gasteiger partial charge in [-0.25, -0.2) is 0 Å². The zero-order chi connectivity index (χ0) is 14.8. The van der Waals surface area contributed by atoms with E-state index < -0.39 is 4.92 Å². The molecule has 0 aliphatic rings. The lowest BCUT2D eigenvalue weighted by Crippen LogP contribution is -2.02. The highest BCUT2D eigenvalue weighted by atomic mass is 16.6. The van der Waals surface area contributed by atoms with Crippen molar-refractivity contribution in [2.45, 2.75) is 45.4 Å². The van der Waals surface area contributed by atoms with Crippen LogP contribution in [-0.4, -0.2) is 18.6 Å². The van der Waals surface area contributed by atoms with Gasteiger partial charge in [0, 0.05) is 24.4 Å². The number of hydrogen-bond donors (Lipinski definition) is 1. The molecule has 0 aliphatic heterocycles. The van der Waals surface area contributed by atoms with Gasteiger partial charge in [-0.1, -0.05) is 39.0 Å². The fourth-order valence-corrected chi connectivity index (χ4v) is 2.08. The molecule has 0 unspecified atom stereocenters. The van der Waals surface area contributed by atoms with Crippen molar-refractivity contribution in [1.29, 1.82) is 0 Å². The molecule has 1 aromatic rings. The molecule has 0 bridgehead atoms. The van der Waals surface area contributed by atoms with Crippen molar-refractivity contribution < 1.29 is 9.66 Å². The molecule has 0 aromatic heterocycles. The maximum absolute atomic E-state index is 10.8. The van der Waals surface area contributed by atoms with Crippen LogP contribution in [0.3, 0.4) is 0 Å². The van der Waals surface area contributed by atoms with Crippen molar-refractivity contribution in [3.8, 4) is 5.75 Å². The molecular weight excluding hydrogens is 256 g/mol. The van der Waals surface area contributed by atoms with Crippen LogP contribution in [-0.2, 0) is 0 Å². The number of nitrogens with zero attached hydrogens (tertiary/aromatic N) is 1. The summed E-state index contributed by atoms with van der Waals surface area (Å²) in [6.45, 7) is 3.09. The van der Waals surface area contributed by atoms with Crippen molar-refractivity contribution in [2.24, 2.45) is 0 Å². The van der Waals surface area contributed by atoms with E-state index in [2.05, 4.69) is 12.2 Å². The van der Waals surface area contributed by atoms with Gasteiger partial charge in [-0.2, -0.15) is 0 Å². The van der Waals surface area contributed by atoms with E-state index in [1.54, 1.807) is 12.1 Å². The van der Waals surface area contributed by atoms with Gasteiger partial charge in [0.25, 0.3) is 0 Å². The van der Waals surface area contributed by atoms with Crippen LogP contribution in [0, 0.1) is 10.1 Å². The first-order valence-electron chi connectivity index (χ1n) is 7.25. The SMILES string of the molecule is CCCCCCCCNc1ccc([N+](=O)[O-])c(OC)c1. The second kappa shape index (κ2) is 9.18. The first-order chi connectivity index (χ1) is 9.69. The lowest BCUT2D eigenvalue weighted by molar-refractivity contribution is -0.385. The molecule has 0 aliphatic carbocycles. The second-order valence-corrected chi connectivity index (χ2v) is 4.84. The number of nitro groups is 1. The van der Waals surface area contributed by atoms with E-state index in [-0.39, 0.29) is 5.69 Å². The Morgan fingerprint density at radius 1 is 1.20 bits per heavy atom. The molecule has 0 spiro atoms. The number of methoxy groups -OCH3 is 1. The van der Waals surface area contributed by atoms with Gasteiger partial charge in [0.15, 0.2) is 5.75 Å². The van der Waals surface area contributed by atoms with Crippen molar-refractivity contribution in [3.63, 3.8) is 0 Å². The molecule has 0 heterocycles. The molecule has 0 amide bonds. The number of unbranched alkanes of at least 4 members (excludes halogenated alkanes) is 5. The zero-order valence-corrected chi connectivity index (χ0v) is 12.4. The molecule has 0 fully saturated rings. The van der Waals surface area contributed by atoms with Crippen LogP contribution in [0.25, 0.3) is 0 Å². The minimum atomic E-state index is -0.434. The Hall–Kier alpha value is -1.78. The predicted molar refractivity (Wildman–Crippen MR) is 81.5 cm³/mol. The van der Waals surface area contributed by atoms with E-state index in [0.717, 1.165) is 18.7 Å². The molecule has 5 nitrogen and oxygen atoms in total. The molecule has 0 saturated heterocycles. The van der Waals surface area contributed by atoms with Gasteiger partial charge < -0.3 is 10.1 Å². The van der Waals surface area contributed by atoms with Crippen LogP contribution in [0.1, 0.15) is 45.4 Å².